The van der Waals surface area contributed by atoms with Crippen LogP contribution in [-0.4, -0.2) is 64.4 Å². The molecule has 4 rings (SSSR count). The minimum Gasteiger partial charge on any atom is -0.438 e. The van der Waals surface area contributed by atoms with Crippen LogP contribution in [0.4, 0.5) is 5.82 Å². The van der Waals surface area contributed by atoms with Crippen molar-refractivity contribution in [3.05, 3.63) is 35.4 Å². The number of piperazine rings is 1. The summed E-state index contributed by atoms with van der Waals surface area (Å²) in [5.74, 6) is 2.34. The Hall–Kier alpha value is -2.97. The number of carbonyl (C=O) groups is 2. The highest BCUT2D eigenvalue weighted by atomic mass is 16.3. The molecule has 9 nitrogen and oxygen atoms in total. The minimum absolute atomic E-state index is 0.115. The number of aromatic nitrogens is 3. The van der Waals surface area contributed by atoms with Gasteiger partial charge in [-0.05, 0) is 19.8 Å². The van der Waals surface area contributed by atoms with E-state index in [1.807, 2.05) is 11.0 Å². The highest BCUT2D eigenvalue weighted by Crippen LogP contribution is 2.38. The molecule has 0 aromatic carbocycles. The van der Waals surface area contributed by atoms with Crippen LogP contribution in [0.25, 0.3) is 0 Å². The number of aryl methyl sites for hydroxylation is 1. The summed E-state index contributed by atoms with van der Waals surface area (Å²) in [7, 11) is 0. The van der Waals surface area contributed by atoms with Crippen molar-refractivity contribution in [3.8, 4) is 0 Å². The zero-order valence-corrected chi connectivity index (χ0v) is 16.8. The lowest BCUT2D eigenvalue weighted by molar-refractivity contribution is -0.129. The largest absolute Gasteiger partial charge is 0.438 e. The van der Waals surface area contributed by atoms with Gasteiger partial charge in [0.1, 0.15) is 11.6 Å². The Bertz CT molecular complexity index is 899. The van der Waals surface area contributed by atoms with Crippen LogP contribution < -0.4 is 10.2 Å². The van der Waals surface area contributed by atoms with Crippen molar-refractivity contribution >= 4 is 17.6 Å². The van der Waals surface area contributed by atoms with Crippen molar-refractivity contribution in [2.24, 2.45) is 0 Å². The van der Waals surface area contributed by atoms with E-state index in [9.17, 15) is 9.59 Å². The van der Waals surface area contributed by atoms with Gasteiger partial charge in [0.2, 0.25) is 11.7 Å². The highest BCUT2D eigenvalue weighted by Gasteiger charge is 2.28. The smallest absolute Gasteiger partial charge is 0.289 e. The van der Waals surface area contributed by atoms with E-state index >= 15 is 0 Å². The maximum atomic E-state index is 12.2. The number of nitrogens with zero attached hydrogens (tertiary/aromatic N) is 5. The number of nitrogens with one attached hydrogen (secondary N) is 1. The van der Waals surface area contributed by atoms with E-state index in [1.165, 1.54) is 6.39 Å². The van der Waals surface area contributed by atoms with Gasteiger partial charge < -0.3 is 19.5 Å². The van der Waals surface area contributed by atoms with E-state index in [2.05, 4.69) is 15.2 Å². The fourth-order valence-electron chi connectivity index (χ4n) is 3.47. The standard InChI is InChI=1S/C20H26N6O3/c1-13-18(29-12-22-13)20(28)21-6-5-16-11-17(24-19(23-16)15-3-4-15)26-9-7-25(8-10-26)14(2)27/h11-12,15H,3-10H2,1-2H3,(H,21,28). The summed E-state index contributed by atoms with van der Waals surface area (Å²) in [6.45, 7) is 6.75. The second-order valence-corrected chi connectivity index (χ2v) is 7.62. The Kier molecular flexibility index (Phi) is 5.46. The van der Waals surface area contributed by atoms with Crippen molar-refractivity contribution in [2.75, 3.05) is 37.6 Å². The van der Waals surface area contributed by atoms with Crippen LogP contribution in [0, 0.1) is 6.92 Å². The Labute approximate surface area is 169 Å². The third kappa shape index (κ3) is 4.55. The molecule has 2 fully saturated rings. The van der Waals surface area contributed by atoms with Crippen molar-refractivity contribution in [1.29, 1.82) is 0 Å². The monoisotopic (exact) mass is 398 g/mol. The Balaban J connectivity index is 1.41. The molecule has 1 saturated heterocycles. The molecule has 0 bridgehead atoms. The summed E-state index contributed by atoms with van der Waals surface area (Å²) in [6.07, 6.45) is 4.14. The summed E-state index contributed by atoms with van der Waals surface area (Å²) in [5, 5.41) is 2.87. The molecule has 2 aromatic rings. The van der Waals surface area contributed by atoms with Crippen LogP contribution in [0.2, 0.25) is 0 Å². The molecule has 154 valence electrons. The Morgan fingerprint density at radius 3 is 2.59 bits per heavy atom. The SMILES string of the molecule is CC(=O)N1CCN(c2cc(CCNC(=O)c3ocnc3C)nc(C3CC3)n2)CC1. The average Bonchev–Trinajstić information content (AvgIpc) is 3.48. The number of rotatable bonds is 6. The first kappa shape index (κ1) is 19.4. The van der Waals surface area contributed by atoms with E-state index in [1.54, 1.807) is 13.8 Å². The van der Waals surface area contributed by atoms with Gasteiger partial charge in [0, 0.05) is 63.7 Å². The first-order chi connectivity index (χ1) is 14.0. The fourth-order valence-corrected chi connectivity index (χ4v) is 3.47. The lowest BCUT2D eigenvalue weighted by atomic mass is 10.2. The molecule has 1 aliphatic heterocycles. The maximum Gasteiger partial charge on any atom is 0.289 e. The third-order valence-corrected chi connectivity index (χ3v) is 5.39. The van der Waals surface area contributed by atoms with Gasteiger partial charge in [-0.2, -0.15) is 0 Å². The second kappa shape index (κ2) is 8.18. The number of oxazole rings is 1. The number of amides is 2. The lowest BCUT2D eigenvalue weighted by Crippen LogP contribution is -2.48. The predicted molar refractivity (Wildman–Crippen MR) is 106 cm³/mol. The molecule has 0 spiro atoms. The van der Waals surface area contributed by atoms with Crippen molar-refractivity contribution in [2.45, 2.75) is 39.0 Å². The Morgan fingerprint density at radius 2 is 1.97 bits per heavy atom. The van der Waals surface area contributed by atoms with Crippen molar-refractivity contribution < 1.29 is 14.0 Å². The maximum absolute atomic E-state index is 12.2. The number of hydrogen-bond acceptors (Lipinski definition) is 7. The van der Waals surface area contributed by atoms with Crippen molar-refractivity contribution in [3.63, 3.8) is 0 Å². The molecule has 0 unspecified atom stereocenters. The molecule has 0 radical (unpaired) electrons. The van der Waals surface area contributed by atoms with Gasteiger partial charge in [0.25, 0.3) is 5.91 Å². The van der Waals surface area contributed by atoms with Crippen LogP contribution in [-0.2, 0) is 11.2 Å². The lowest BCUT2D eigenvalue weighted by Gasteiger charge is -2.35. The molecule has 2 aromatic heterocycles. The molecular formula is C20H26N6O3. The van der Waals surface area contributed by atoms with E-state index in [4.69, 9.17) is 14.4 Å². The summed E-state index contributed by atoms with van der Waals surface area (Å²) in [6, 6.07) is 2.00. The molecule has 3 heterocycles. The average molecular weight is 398 g/mol. The Morgan fingerprint density at radius 1 is 1.21 bits per heavy atom. The predicted octanol–water partition coefficient (Wildman–Crippen LogP) is 1.29. The quantitative estimate of drug-likeness (QED) is 0.782. The molecule has 0 atom stereocenters. The zero-order chi connectivity index (χ0) is 20.4. The molecule has 1 aliphatic carbocycles. The van der Waals surface area contributed by atoms with Gasteiger partial charge in [0.15, 0.2) is 6.39 Å². The van der Waals surface area contributed by atoms with Crippen LogP contribution in [0.1, 0.15) is 53.5 Å². The molecule has 9 heteroatoms. The fraction of sp³-hybridized carbons (Fsp3) is 0.550. The van der Waals surface area contributed by atoms with Gasteiger partial charge in [-0.1, -0.05) is 0 Å². The van der Waals surface area contributed by atoms with Gasteiger partial charge in [-0.15, -0.1) is 0 Å². The van der Waals surface area contributed by atoms with Gasteiger partial charge in [-0.25, -0.2) is 15.0 Å². The molecule has 1 N–H and O–H groups in total. The summed E-state index contributed by atoms with van der Waals surface area (Å²) in [5.41, 5.74) is 1.49. The van der Waals surface area contributed by atoms with E-state index in [0.29, 0.717) is 37.7 Å². The molecular weight excluding hydrogens is 372 g/mol. The van der Waals surface area contributed by atoms with Crippen LogP contribution >= 0.6 is 0 Å². The first-order valence-corrected chi connectivity index (χ1v) is 10.1. The van der Waals surface area contributed by atoms with Gasteiger partial charge in [0.05, 0.1) is 5.69 Å². The molecule has 29 heavy (non-hydrogen) atoms. The summed E-state index contributed by atoms with van der Waals surface area (Å²) < 4.78 is 5.13. The number of anilines is 1. The number of hydrogen-bond donors (Lipinski definition) is 1. The zero-order valence-electron chi connectivity index (χ0n) is 16.8. The second-order valence-electron chi connectivity index (χ2n) is 7.62. The first-order valence-electron chi connectivity index (χ1n) is 10.1. The molecule has 2 amide bonds. The molecule has 1 saturated carbocycles. The van der Waals surface area contributed by atoms with Gasteiger partial charge in [-0.3, -0.25) is 9.59 Å². The van der Waals surface area contributed by atoms with Crippen LogP contribution in [0.5, 0.6) is 0 Å². The normalized spacial score (nSPS) is 16.8. The minimum atomic E-state index is -0.267. The topological polar surface area (TPSA) is 104 Å². The van der Waals surface area contributed by atoms with E-state index in [-0.39, 0.29) is 17.6 Å². The number of carbonyl (C=O) groups excluding carboxylic acids is 2. The van der Waals surface area contributed by atoms with E-state index < -0.39 is 0 Å². The molecule has 2 aliphatic rings. The highest BCUT2D eigenvalue weighted by molar-refractivity contribution is 5.92. The third-order valence-electron chi connectivity index (χ3n) is 5.39. The van der Waals surface area contributed by atoms with Gasteiger partial charge >= 0.3 is 0 Å². The van der Waals surface area contributed by atoms with Crippen molar-refractivity contribution in [1.82, 2.24) is 25.2 Å². The van der Waals surface area contributed by atoms with Crippen LogP contribution in [0.3, 0.4) is 0 Å². The summed E-state index contributed by atoms with van der Waals surface area (Å²) >= 11 is 0. The van der Waals surface area contributed by atoms with E-state index in [0.717, 1.165) is 43.3 Å². The van der Waals surface area contributed by atoms with Crippen LogP contribution in [0.15, 0.2) is 16.9 Å². The summed E-state index contributed by atoms with van der Waals surface area (Å²) in [4.78, 5) is 41.3.